The Kier molecular flexibility index (Phi) is 3.07. The Morgan fingerprint density at radius 3 is 1.95 bits per heavy atom. The molecule has 0 aromatic carbocycles. The normalized spacial score (nSPS) is 43.3. The molecule has 21 heavy (non-hydrogen) atoms. The van der Waals surface area contributed by atoms with Crippen molar-refractivity contribution in [1.82, 2.24) is 5.32 Å². The van der Waals surface area contributed by atoms with E-state index >= 15 is 0 Å². The molecule has 4 bridgehead atoms. The van der Waals surface area contributed by atoms with Crippen LogP contribution in [0.1, 0.15) is 70.6 Å². The largest absolute Gasteiger partial charge is 0.349 e. The molecule has 0 heterocycles. The molecule has 5 saturated carbocycles. The van der Waals surface area contributed by atoms with Crippen molar-refractivity contribution in [2.24, 2.45) is 23.2 Å². The summed E-state index contributed by atoms with van der Waals surface area (Å²) in [5, 5.41) is 13.0. The van der Waals surface area contributed by atoms with Gasteiger partial charge in [0.1, 0.15) is 5.41 Å². The fourth-order valence-electron chi connectivity index (χ4n) is 6.17. The lowest BCUT2D eigenvalue weighted by Crippen LogP contribution is -2.62. The number of rotatable bonds is 2. The Balaban J connectivity index is 1.53. The molecule has 5 aliphatic carbocycles. The monoisotopic (exact) mass is 286 g/mol. The molecule has 1 amide bonds. The van der Waals surface area contributed by atoms with Crippen LogP contribution in [0.5, 0.6) is 0 Å². The molecule has 0 saturated heterocycles. The predicted octanol–water partition coefficient (Wildman–Crippen LogP) is 3.55. The van der Waals surface area contributed by atoms with Gasteiger partial charge in [-0.2, -0.15) is 5.26 Å². The highest BCUT2D eigenvalue weighted by atomic mass is 16.2. The number of carbonyl (C=O) groups excluding carboxylic acids is 1. The zero-order chi connectivity index (χ0) is 14.5. The van der Waals surface area contributed by atoms with Crippen molar-refractivity contribution in [2.45, 2.75) is 76.2 Å². The summed E-state index contributed by atoms with van der Waals surface area (Å²) < 4.78 is 0. The number of nitrogens with one attached hydrogen (secondary N) is 1. The first-order valence-electron chi connectivity index (χ1n) is 8.87. The lowest BCUT2D eigenvalue weighted by Gasteiger charge is -2.57. The van der Waals surface area contributed by atoms with Crippen LogP contribution in [0.4, 0.5) is 0 Å². The van der Waals surface area contributed by atoms with Gasteiger partial charge in [0.2, 0.25) is 5.91 Å². The van der Waals surface area contributed by atoms with E-state index in [1.54, 1.807) is 0 Å². The van der Waals surface area contributed by atoms with Crippen LogP contribution in [-0.4, -0.2) is 11.4 Å². The van der Waals surface area contributed by atoms with E-state index < -0.39 is 5.41 Å². The third-order valence-electron chi connectivity index (χ3n) is 6.77. The molecule has 5 rings (SSSR count). The van der Waals surface area contributed by atoms with Crippen LogP contribution in [0.2, 0.25) is 0 Å². The smallest absolute Gasteiger partial charge is 0.240 e. The summed E-state index contributed by atoms with van der Waals surface area (Å²) in [5.74, 6) is 2.56. The third-order valence-corrected chi connectivity index (χ3v) is 6.77. The zero-order valence-electron chi connectivity index (χ0n) is 12.9. The minimum Gasteiger partial charge on any atom is -0.349 e. The van der Waals surface area contributed by atoms with Gasteiger partial charge in [0.25, 0.3) is 0 Å². The van der Waals surface area contributed by atoms with Crippen LogP contribution < -0.4 is 5.32 Å². The maximum atomic E-state index is 12.9. The molecule has 5 aliphatic rings. The van der Waals surface area contributed by atoms with E-state index in [9.17, 15) is 10.1 Å². The van der Waals surface area contributed by atoms with Crippen molar-refractivity contribution < 1.29 is 4.79 Å². The van der Waals surface area contributed by atoms with Gasteiger partial charge >= 0.3 is 0 Å². The number of carbonyl (C=O) groups is 1. The number of nitrogens with zero attached hydrogens (tertiary/aromatic N) is 1. The van der Waals surface area contributed by atoms with Crippen molar-refractivity contribution in [3.63, 3.8) is 0 Å². The van der Waals surface area contributed by atoms with E-state index in [0.717, 1.165) is 43.4 Å². The SMILES string of the molecule is N#CC1(C(=O)NC23CC4CC(CC(C4)C2)C3)CCCCC1. The molecule has 3 nitrogen and oxygen atoms in total. The maximum Gasteiger partial charge on any atom is 0.240 e. The molecule has 1 N–H and O–H groups in total. The molecule has 0 aromatic rings. The molecule has 114 valence electrons. The van der Waals surface area contributed by atoms with E-state index in [1.165, 1.54) is 44.9 Å². The van der Waals surface area contributed by atoms with E-state index in [2.05, 4.69) is 11.4 Å². The molecule has 0 spiro atoms. The summed E-state index contributed by atoms with van der Waals surface area (Å²) in [6.07, 6.45) is 12.4. The second-order valence-corrected chi connectivity index (χ2v) is 8.41. The van der Waals surface area contributed by atoms with Crippen LogP contribution in [0.15, 0.2) is 0 Å². The summed E-state index contributed by atoms with van der Waals surface area (Å²) in [7, 11) is 0. The zero-order valence-corrected chi connectivity index (χ0v) is 12.9. The van der Waals surface area contributed by atoms with E-state index in [4.69, 9.17) is 0 Å². The Labute approximate surface area is 127 Å². The molecule has 0 unspecified atom stereocenters. The Morgan fingerprint density at radius 2 is 1.48 bits per heavy atom. The highest BCUT2D eigenvalue weighted by Gasteiger charge is 2.53. The number of nitriles is 1. The minimum absolute atomic E-state index is 0.0487. The molecule has 0 aromatic heterocycles. The van der Waals surface area contributed by atoms with Gasteiger partial charge in [-0.05, 0) is 69.1 Å². The van der Waals surface area contributed by atoms with E-state index in [-0.39, 0.29) is 11.4 Å². The van der Waals surface area contributed by atoms with Crippen LogP contribution in [-0.2, 0) is 4.79 Å². The fourth-order valence-corrected chi connectivity index (χ4v) is 6.17. The summed E-state index contributed by atoms with van der Waals surface area (Å²) in [6, 6.07) is 2.39. The molecular formula is C18H26N2O. The summed E-state index contributed by atoms with van der Waals surface area (Å²) in [5.41, 5.74) is -0.672. The van der Waals surface area contributed by atoms with Crippen LogP contribution in [0, 0.1) is 34.5 Å². The molecular weight excluding hydrogens is 260 g/mol. The highest BCUT2D eigenvalue weighted by Crippen LogP contribution is 2.56. The number of hydrogen-bond donors (Lipinski definition) is 1. The molecule has 0 aliphatic heterocycles. The molecule has 0 radical (unpaired) electrons. The summed E-state index contributed by atoms with van der Waals surface area (Å²) in [4.78, 5) is 12.9. The van der Waals surface area contributed by atoms with Gasteiger partial charge in [0, 0.05) is 5.54 Å². The first-order chi connectivity index (χ1) is 10.1. The van der Waals surface area contributed by atoms with Crippen molar-refractivity contribution in [3.8, 4) is 6.07 Å². The van der Waals surface area contributed by atoms with Crippen LogP contribution >= 0.6 is 0 Å². The topological polar surface area (TPSA) is 52.9 Å². The van der Waals surface area contributed by atoms with Crippen LogP contribution in [0.25, 0.3) is 0 Å². The summed E-state index contributed by atoms with van der Waals surface area (Å²) >= 11 is 0. The van der Waals surface area contributed by atoms with Gasteiger partial charge in [-0.15, -0.1) is 0 Å². The van der Waals surface area contributed by atoms with Crippen LogP contribution in [0.3, 0.4) is 0 Å². The number of hydrogen-bond acceptors (Lipinski definition) is 2. The maximum absolute atomic E-state index is 12.9. The lowest BCUT2D eigenvalue weighted by molar-refractivity contribution is -0.135. The second-order valence-electron chi connectivity index (χ2n) is 8.41. The van der Waals surface area contributed by atoms with Crippen molar-refractivity contribution in [3.05, 3.63) is 0 Å². The predicted molar refractivity (Wildman–Crippen MR) is 80.2 cm³/mol. The van der Waals surface area contributed by atoms with E-state index in [1.807, 2.05) is 0 Å². The van der Waals surface area contributed by atoms with Crippen molar-refractivity contribution in [1.29, 1.82) is 5.26 Å². The third kappa shape index (κ3) is 2.18. The highest BCUT2D eigenvalue weighted by molar-refractivity contribution is 5.86. The average Bonchev–Trinajstić information content (AvgIpc) is 2.46. The Hall–Kier alpha value is -1.04. The quantitative estimate of drug-likeness (QED) is 0.844. The van der Waals surface area contributed by atoms with Crippen molar-refractivity contribution in [2.75, 3.05) is 0 Å². The molecule has 5 fully saturated rings. The summed E-state index contributed by atoms with van der Waals surface area (Å²) in [6.45, 7) is 0. The van der Waals surface area contributed by atoms with Gasteiger partial charge in [-0.3, -0.25) is 4.79 Å². The minimum atomic E-state index is -0.721. The number of amides is 1. The Bertz CT molecular complexity index is 449. The fraction of sp³-hybridized carbons (Fsp3) is 0.889. The van der Waals surface area contributed by atoms with Gasteiger partial charge in [0.15, 0.2) is 0 Å². The molecule has 0 atom stereocenters. The van der Waals surface area contributed by atoms with Gasteiger partial charge < -0.3 is 5.32 Å². The van der Waals surface area contributed by atoms with Gasteiger partial charge in [0.05, 0.1) is 6.07 Å². The molecule has 3 heteroatoms. The second kappa shape index (κ2) is 4.73. The standard InChI is InChI=1S/C18H26N2O/c19-12-17(4-2-1-3-5-17)16(21)20-18-9-13-6-14(10-18)8-15(7-13)11-18/h13-15H,1-11H2,(H,20,21). The van der Waals surface area contributed by atoms with Crippen molar-refractivity contribution >= 4 is 5.91 Å². The first kappa shape index (κ1) is 13.6. The van der Waals surface area contributed by atoms with Gasteiger partial charge in [-0.25, -0.2) is 0 Å². The Morgan fingerprint density at radius 1 is 0.952 bits per heavy atom. The van der Waals surface area contributed by atoms with Gasteiger partial charge in [-0.1, -0.05) is 19.3 Å². The first-order valence-corrected chi connectivity index (χ1v) is 8.87. The average molecular weight is 286 g/mol. The van der Waals surface area contributed by atoms with E-state index in [0.29, 0.717) is 0 Å². The lowest BCUT2D eigenvalue weighted by atomic mass is 9.53.